The molecule has 4 heteroatoms. The van der Waals surface area contributed by atoms with Gasteiger partial charge in [-0.05, 0) is 12.7 Å². The van der Waals surface area contributed by atoms with Crippen LogP contribution in [0.2, 0.25) is 0 Å². The van der Waals surface area contributed by atoms with Crippen molar-refractivity contribution in [1.29, 1.82) is 0 Å². The summed E-state index contributed by atoms with van der Waals surface area (Å²) >= 11 is 0. The van der Waals surface area contributed by atoms with Crippen molar-refractivity contribution in [3.8, 4) is 5.75 Å². The van der Waals surface area contributed by atoms with Crippen LogP contribution in [-0.2, 0) is 0 Å². The third kappa shape index (κ3) is 0.657. The smallest absolute Gasteiger partial charge is 0.233 e. The summed E-state index contributed by atoms with van der Waals surface area (Å²) in [6.45, 7) is 1.61. The molecule has 1 unspecified atom stereocenters. The minimum absolute atomic E-state index is 0.0463. The predicted octanol–water partition coefficient (Wildman–Crippen LogP) is -2.34. The molecule has 54 valence electrons. The quantitative estimate of drug-likeness (QED) is 0.445. The van der Waals surface area contributed by atoms with Gasteiger partial charge in [0.1, 0.15) is 6.04 Å². The average molecular weight is 141 g/mol. The lowest BCUT2D eigenvalue weighted by atomic mass is 10.0. The molecule has 0 fully saturated rings. The third-order valence-electron chi connectivity index (χ3n) is 1.39. The molecule has 0 saturated carbocycles. The van der Waals surface area contributed by atoms with Gasteiger partial charge in [-0.3, -0.25) is 9.59 Å². The summed E-state index contributed by atoms with van der Waals surface area (Å²) in [7, 11) is 0. The first-order valence-electron chi connectivity index (χ1n) is 2.89. The molecule has 4 nitrogen and oxygen atoms in total. The Labute approximate surface area is 56.6 Å². The van der Waals surface area contributed by atoms with E-state index in [1.54, 1.807) is 6.92 Å². The van der Waals surface area contributed by atoms with Crippen molar-refractivity contribution in [2.24, 2.45) is 0 Å². The van der Waals surface area contributed by atoms with E-state index in [0.717, 1.165) is 0 Å². The molecule has 0 aliphatic carbocycles. The molecular formula is C6H7NO3. The number of hydrogen-bond acceptors (Lipinski definition) is 3. The van der Waals surface area contributed by atoms with Crippen molar-refractivity contribution in [2.45, 2.75) is 13.0 Å². The molecule has 3 N–H and O–H groups in total. The Kier molecular flexibility index (Phi) is 1.33. The highest BCUT2D eigenvalue weighted by Gasteiger charge is 2.17. The predicted molar refractivity (Wildman–Crippen MR) is 32.1 cm³/mol. The van der Waals surface area contributed by atoms with Crippen LogP contribution in [0.15, 0.2) is 9.59 Å². The number of hydrogen-bond donors (Lipinski definition) is 1. The molecule has 0 heterocycles. The molecule has 0 radical (unpaired) electrons. The monoisotopic (exact) mass is 141 g/mol. The largest absolute Gasteiger partial charge is 0.869 e. The van der Waals surface area contributed by atoms with Crippen molar-refractivity contribution in [3.63, 3.8) is 0 Å². The van der Waals surface area contributed by atoms with Gasteiger partial charge in [0.15, 0.2) is 0 Å². The van der Waals surface area contributed by atoms with Crippen LogP contribution in [0.25, 0.3) is 0 Å². The Hall–Kier alpha value is -1.16. The van der Waals surface area contributed by atoms with E-state index in [-0.39, 0.29) is 11.6 Å². The van der Waals surface area contributed by atoms with Gasteiger partial charge in [0, 0.05) is 0 Å². The summed E-state index contributed by atoms with van der Waals surface area (Å²) in [6, 6.07) is -0.363. The van der Waals surface area contributed by atoms with Gasteiger partial charge in [-0.1, -0.05) is 0 Å². The Morgan fingerprint density at radius 3 is 2.10 bits per heavy atom. The number of rotatable bonds is 1. The van der Waals surface area contributed by atoms with Gasteiger partial charge in [-0.25, -0.2) is 0 Å². The van der Waals surface area contributed by atoms with Gasteiger partial charge in [-0.15, -0.1) is 0 Å². The topological polar surface area (TPSA) is 84.8 Å². The molecule has 0 aromatic heterocycles. The minimum Gasteiger partial charge on any atom is -0.869 e. The molecule has 0 aliphatic rings. The summed E-state index contributed by atoms with van der Waals surface area (Å²) in [4.78, 5) is 20.9. The lowest BCUT2D eigenvalue weighted by Gasteiger charge is -2.14. The Morgan fingerprint density at radius 1 is 1.40 bits per heavy atom. The molecule has 0 saturated heterocycles. The highest BCUT2D eigenvalue weighted by molar-refractivity contribution is 5.37. The summed E-state index contributed by atoms with van der Waals surface area (Å²) in [5, 5.41) is 10.6. The fraction of sp³-hybridized carbons (Fsp3) is 0.333. The zero-order chi connectivity index (χ0) is 7.89. The zero-order valence-corrected chi connectivity index (χ0v) is 5.51. The lowest BCUT2D eigenvalue weighted by molar-refractivity contribution is -0.423. The van der Waals surface area contributed by atoms with Crippen LogP contribution in [0.4, 0.5) is 0 Å². The van der Waals surface area contributed by atoms with E-state index in [0.29, 0.717) is 0 Å². The van der Waals surface area contributed by atoms with Crippen LogP contribution in [0, 0.1) is 0 Å². The summed E-state index contributed by atoms with van der Waals surface area (Å²) in [5.74, 6) is -0.660. The fourth-order valence-electron chi connectivity index (χ4n) is 0.836. The van der Waals surface area contributed by atoms with Crippen molar-refractivity contribution in [2.75, 3.05) is 0 Å². The molecule has 1 atom stereocenters. The SMILES string of the molecule is CC([NH3+])c1c([O-])c(=O)c1=O. The Balaban J connectivity index is 3.23. The molecule has 0 spiro atoms. The first-order chi connectivity index (χ1) is 4.55. The third-order valence-corrected chi connectivity index (χ3v) is 1.39. The molecule has 0 aliphatic heterocycles. The van der Waals surface area contributed by atoms with Crippen LogP contribution in [0.1, 0.15) is 18.5 Å². The van der Waals surface area contributed by atoms with Crippen LogP contribution >= 0.6 is 0 Å². The maximum atomic E-state index is 10.6. The first-order valence-corrected chi connectivity index (χ1v) is 2.89. The van der Waals surface area contributed by atoms with E-state index in [4.69, 9.17) is 0 Å². The fourth-order valence-corrected chi connectivity index (χ4v) is 0.836. The van der Waals surface area contributed by atoms with E-state index in [2.05, 4.69) is 5.73 Å². The molecule has 0 amide bonds. The summed E-state index contributed by atoms with van der Waals surface area (Å²) in [5.41, 5.74) is 1.95. The molecular weight excluding hydrogens is 134 g/mol. The van der Waals surface area contributed by atoms with E-state index in [1.807, 2.05) is 0 Å². The van der Waals surface area contributed by atoms with Crippen LogP contribution in [-0.4, -0.2) is 0 Å². The minimum atomic E-state index is -0.898. The Bertz CT molecular complexity index is 319. The van der Waals surface area contributed by atoms with Crippen molar-refractivity contribution >= 4 is 0 Å². The molecule has 1 aromatic carbocycles. The summed E-state index contributed by atoms with van der Waals surface area (Å²) < 4.78 is 0. The normalized spacial score (nSPS) is 13.8. The van der Waals surface area contributed by atoms with Crippen molar-refractivity contribution in [1.82, 2.24) is 0 Å². The van der Waals surface area contributed by atoms with Gasteiger partial charge in [0.25, 0.3) is 0 Å². The number of quaternary nitrogens is 1. The first kappa shape index (κ1) is 6.95. The zero-order valence-electron chi connectivity index (χ0n) is 5.51. The lowest BCUT2D eigenvalue weighted by Crippen LogP contribution is -2.57. The van der Waals surface area contributed by atoms with E-state index in [9.17, 15) is 14.7 Å². The second-order valence-electron chi connectivity index (χ2n) is 2.30. The molecule has 1 aromatic rings. The highest BCUT2D eigenvalue weighted by atomic mass is 16.3. The second-order valence-corrected chi connectivity index (χ2v) is 2.30. The second kappa shape index (κ2) is 1.91. The molecule has 0 bridgehead atoms. The standard InChI is InChI=1S/C6H7NO3/c1-2(7)3-4(8)6(10)5(3)9/h2,8H,7H2,1H3. The maximum absolute atomic E-state index is 10.6. The van der Waals surface area contributed by atoms with Crippen molar-refractivity contribution in [3.05, 3.63) is 26.0 Å². The maximum Gasteiger partial charge on any atom is 0.233 e. The van der Waals surface area contributed by atoms with Gasteiger partial charge >= 0.3 is 0 Å². The van der Waals surface area contributed by atoms with Crippen molar-refractivity contribution < 1.29 is 10.8 Å². The summed E-state index contributed by atoms with van der Waals surface area (Å²) in [6.07, 6.45) is 0. The van der Waals surface area contributed by atoms with Crippen LogP contribution in [0.3, 0.4) is 0 Å². The molecule has 1 rings (SSSR count). The van der Waals surface area contributed by atoms with Gasteiger partial charge in [0.05, 0.1) is 5.56 Å². The van der Waals surface area contributed by atoms with Gasteiger partial charge in [-0.2, -0.15) is 0 Å². The van der Waals surface area contributed by atoms with E-state index in [1.165, 1.54) is 0 Å². The van der Waals surface area contributed by atoms with E-state index >= 15 is 0 Å². The van der Waals surface area contributed by atoms with Crippen LogP contribution in [0.5, 0.6) is 5.75 Å². The highest BCUT2D eigenvalue weighted by Crippen LogP contribution is 2.09. The molecule has 10 heavy (non-hydrogen) atoms. The van der Waals surface area contributed by atoms with Gasteiger partial charge < -0.3 is 10.8 Å². The van der Waals surface area contributed by atoms with Gasteiger partial charge in [0.2, 0.25) is 10.9 Å². The van der Waals surface area contributed by atoms with E-state index < -0.39 is 16.6 Å². The average Bonchev–Trinajstić information content (AvgIpc) is 1.87. The van der Waals surface area contributed by atoms with Crippen LogP contribution < -0.4 is 21.7 Å². The Morgan fingerprint density at radius 2 is 1.90 bits per heavy atom.